The standard InChI is InChI=1S/C17H19Cl2F3N4O3/c1-15(2,3)13-24-11(26-29-13)7-23-14(27)25-12-9(18)5-8(6-10(12)19)16(4,28)17(20,21)22/h5-6,28H,7H2,1-4H3,(H2,23,25,27). The number of benzene rings is 1. The Labute approximate surface area is 174 Å². The maximum Gasteiger partial charge on any atom is 0.421 e. The molecule has 29 heavy (non-hydrogen) atoms. The van der Waals surface area contributed by atoms with Gasteiger partial charge in [-0.05, 0) is 24.6 Å². The average Bonchev–Trinajstić information content (AvgIpc) is 3.04. The summed E-state index contributed by atoms with van der Waals surface area (Å²) in [6.45, 7) is 6.16. The molecular formula is C17H19Cl2F3N4O3. The van der Waals surface area contributed by atoms with Gasteiger partial charge in [-0.1, -0.05) is 49.1 Å². The van der Waals surface area contributed by atoms with Crippen LogP contribution < -0.4 is 10.6 Å². The number of nitrogens with one attached hydrogen (secondary N) is 2. The Morgan fingerprint density at radius 1 is 1.17 bits per heavy atom. The van der Waals surface area contributed by atoms with E-state index in [1.54, 1.807) is 0 Å². The van der Waals surface area contributed by atoms with Crippen LogP contribution in [0.2, 0.25) is 10.0 Å². The predicted octanol–water partition coefficient (Wildman–Crippen LogP) is 4.77. The lowest BCUT2D eigenvalue weighted by Crippen LogP contribution is -2.39. The summed E-state index contributed by atoms with van der Waals surface area (Å²) in [5, 5.41) is 17.7. The van der Waals surface area contributed by atoms with Gasteiger partial charge in [0.15, 0.2) is 11.4 Å². The fourth-order valence-corrected chi connectivity index (χ4v) is 2.67. The minimum atomic E-state index is -4.94. The van der Waals surface area contributed by atoms with Crippen molar-refractivity contribution in [2.24, 2.45) is 0 Å². The molecule has 0 aliphatic rings. The summed E-state index contributed by atoms with van der Waals surface area (Å²) in [5.74, 6) is 0.631. The Kier molecular flexibility index (Phi) is 6.41. The average molecular weight is 455 g/mol. The number of aliphatic hydroxyl groups is 1. The van der Waals surface area contributed by atoms with Gasteiger partial charge in [-0.25, -0.2) is 4.79 Å². The first-order valence-corrected chi connectivity index (χ1v) is 9.05. The van der Waals surface area contributed by atoms with Crippen molar-refractivity contribution in [2.75, 3.05) is 5.32 Å². The third kappa shape index (κ3) is 5.31. The molecule has 1 heterocycles. The van der Waals surface area contributed by atoms with E-state index in [2.05, 4.69) is 20.8 Å². The summed E-state index contributed by atoms with van der Waals surface area (Å²) < 4.78 is 44.1. The molecule has 7 nitrogen and oxygen atoms in total. The molecule has 1 atom stereocenters. The highest BCUT2D eigenvalue weighted by molar-refractivity contribution is 6.39. The number of halogens is 5. The van der Waals surface area contributed by atoms with Crippen molar-refractivity contribution in [1.29, 1.82) is 0 Å². The number of aromatic nitrogens is 2. The van der Waals surface area contributed by atoms with Crippen molar-refractivity contribution in [3.63, 3.8) is 0 Å². The fourth-order valence-electron chi connectivity index (χ4n) is 2.08. The van der Waals surface area contributed by atoms with Gasteiger partial charge >= 0.3 is 12.2 Å². The van der Waals surface area contributed by atoms with Gasteiger partial charge in [0.25, 0.3) is 0 Å². The van der Waals surface area contributed by atoms with Crippen molar-refractivity contribution >= 4 is 34.9 Å². The van der Waals surface area contributed by atoms with E-state index in [1.807, 2.05) is 20.8 Å². The number of nitrogens with zero attached hydrogens (tertiary/aromatic N) is 2. The molecule has 0 bridgehead atoms. The summed E-state index contributed by atoms with van der Waals surface area (Å²) in [6.07, 6.45) is -4.94. The molecule has 1 aromatic carbocycles. The van der Waals surface area contributed by atoms with E-state index in [0.717, 1.165) is 12.1 Å². The molecule has 2 aromatic rings. The maximum atomic E-state index is 13.0. The van der Waals surface area contributed by atoms with Crippen LogP contribution in [0.3, 0.4) is 0 Å². The van der Waals surface area contributed by atoms with Gasteiger partial charge in [-0.15, -0.1) is 0 Å². The Morgan fingerprint density at radius 3 is 2.17 bits per heavy atom. The molecule has 2 rings (SSSR count). The van der Waals surface area contributed by atoms with Crippen molar-refractivity contribution in [3.05, 3.63) is 39.5 Å². The summed E-state index contributed by atoms with van der Waals surface area (Å²) in [6, 6.07) is 1.02. The molecular weight excluding hydrogens is 436 g/mol. The highest BCUT2D eigenvalue weighted by Crippen LogP contribution is 2.42. The van der Waals surface area contributed by atoms with Crippen LogP contribution in [0.5, 0.6) is 0 Å². The Morgan fingerprint density at radius 2 is 1.72 bits per heavy atom. The number of carbonyl (C=O) groups is 1. The molecule has 0 aliphatic carbocycles. The first kappa shape index (κ1) is 23.2. The topological polar surface area (TPSA) is 100 Å². The highest BCUT2D eigenvalue weighted by Gasteiger charge is 2.51. The number of hydrogen-bond acceptors (Lipinski definition) is 5. The first-order valence-electron chi connectivity index (χ1n) is 8.29. The number of alkyl halides is 3. The lowest BCUT2D eigenvalue weighted by Gasteiger charge is -2.27. The van der Waals surface area contributed by atoms with Gasteiger partial charge in [0.1, 0.15) is 0 Å². The SMILES string of the molecule is CC(C)(C)c1nc(CNC(=O)Nc2c(Cl)cc(C(C)(O)C(F)(F)F)cc2Cl)no1. The van der Waals surface area contributed by atoms with E-state index in [9.17, 15) is 23.1 Å². The molecule has 0 saturated heterocycles. The number of amides is 2. The zero-order valence-corrected chi connectivity index (χ0v) is 17.4. The summed E-state index contributed by atoms with van der Waals surface area (Å²) >= 11 is 11.9. The van der Waals surface area contributed by atoms with E-state index in [1.165, 1.54) is 0 Å². The van der Waals surface area contributed by atoms with E-state index in [4.69, 9.17) is 27.7 Å². The lowest BCUT2D eigenvalue weighted by atomic mass is 9.95. The minimum Gasteiger partial charge on any atom is -0.376 e. The highest BCUT2D eigenvalue weighted by atomic mass is 35.5. The van der Waals surface area contributed by atoms with Crippen LogP contribution >= 0.6 is 23.2 Å². The fraction of sp³-hybridized carbons (Fsp3) is 0.471. The maximum absolute atomic E-state index is 13.0. The van der Waals surface area contributed by atoms with Crippen molar-refractivity contribution in [2.45, 2.75) is 51.4 Å². The Balaban J connectivity index is 2.10. The summed E-state index contributed by atoms with van der Waals surface area (Å²) in [5.41, 5.74) is -4.19. The van der Waals surface area contributed by atoms with Crippen molar-refractivity contribution in [1.82, 2.24) is 15.5 Å². The second-order valence-electron chi connectivity index (χ2n) is 7.46. The number of rotatable bonds is 4. The van der Waals surface area contributed by atoms with Crippen LogP contribution in [0, 0.1) is 0 Å². The van der Waals surface area contributed by atoms with Crippen LogP contribution in [0.15, 0.2) is 16.7 Å². The van der Waals surface area contributed by atoms with E-state index in [0.29, 0.717) is 12.8 Å². The molecule has 0 fully saturated rings. The third-order valence-corrected chi connectivity index (χ3v) is 4.51. The zero-order chi connectivity index (χ0) is 22.2. The Hall–Kier alpha value is -2.04. The molecule has 1 unspecified atom stereocenters. The molecule has 1 aromatic heterocycles. The first-order chi connectivity index (χ1) is 13.1. The lowest BCUT2D eigenvalue weighted by molar-refractivity contribution is -0.258. The number of hydrogen-bond donors (Lipinski definition) is 3. The van der Waals surface area contributed by atoms with Crippen LogP contribution in [-0.4, -0.2) is 27.5 Å². The molecule has 0 spiro atoms. The van der Waals surface area contributed by atoms with Gasteiger partial charge < -0.3 is 20.3 Å². The molecule has 0 saturated carbocycles. The van der Waals surface area contributed by atoms with Gasteiger partial charge in [-0.2, -0.15) is 18.2 Å². The van der Waals surface area contributed by atoms with Crippen LogP contribution in [0.1, 0.15) is 45.0 Å². The predicted molar refractivity (Wildman–Crippen MR) is 101 cm³/mol. The number of anilines is 1. The smallest absolute Gasteiger partial charge is 0.376 e. The largest absolute Gasteiger partial charge is 0.421 e. The molecule has 0 aliphatic heterocycles. The van der Waals surface area contributed by atoms with Crippen LogP contribution in [0.25, 0.3) is 0 Å². The number of urea groups is 1. The van der Waals surface area contributed by atoms with E-state index < -0.39 is 23.4 Å². The quantitative estimate of drug-likeness (QED) is 0.617. The van der Waals surface area contributed by atoms with Crippen molar-refractivity contribution < 1.29 is 27.6 Å². The normalized spacial score (nSPS) is 14.4. The van der Waals surface area contributed by atoms with Gasteiger partial charge in [-0.3, -0.25) is 0 Å². The van der Waals surface area contributed by atoms with E-state index >= 15 is 0 Å². The van der Waals surface area contributed by atoms with E-state index in [-0.39, 0.29) is 33.5 Å². The molecule has 3 N–H and O–H groups in total. The summed E-state index contributed by atoms with van der Waals surface area (Å²) in [7, 11) is 0. The molecule has 0 radical (unpaired) electrons. The monoisotopic (exact) mass is 454 g/mol. The second kappa shape index (κ2) is 8.00. The zero-order valence-electron chi connectivity index (χ0n) is 15.9. The van der Waals surface area contributed by atoms with Gasteiger partial charge in [0, 0.05) is 5.41 Å². The van der Waals surface area contributed by atoms with Gasteiger partial charge in [0.2, 0.25) is 5.89 Å². The third-order valence-electron chi connectivity index (χ3n) is 3.91. The van der Waals surface area contributed by atoms with Gasteiger partial charge in [0.05, 0.1) is 22.3 Å². The second-order valence-corrected chi connectivity index (χ2v) is 8.27. The minimum absolute atomic E-state index is 0.0679. The Bertz CT molecular complexity index is 885. The molecule has 12 heteroatoms. The van der Waals surface area contributed by atoms with Crippen LogP contribution in [-0.2, 0) is 17.6 Å². The molecule has 160 valence electrons. The van der Waals surface area contributed by atoms with Crippen molar-refractivity contribution in [3.8, 4) is 0 Å². The van der Waals surface area contributed by atoms with Crippen LogP contribution in [0.4, 0.5) is 23.7 Å². The number of carbonyl (C=O) groups excluding carboxylic acids is 1. The summed E-state index contributed by atoms with van der Waals surface area (Å²) in [4.78, 5) is 16.2. The molecule has 2 amide bonds.